The minimum Gasteiger partial charge on any atom is -0.388 e. The Balaban J connectivity index is 1.20. The van der Waals surface area contributed by atoms with Crippen molar-refractivity contribution in [2.75, 3.05) is 24.2 Å². The number of rotatable bonds is 10. The van der Waals surface area contributed by atoms with E-state index in [9.17, 15) is 34.1 Å². The first-order valence-electron chi connectivity index (χ1n) is 13.1. The lowest BCUT2D eigenvalue weighted by Gasteiger charge is -2.25. The van der Waals surface area contributed by atoms with Gasteiger partial charge in [-0.3, -0.25) is 28.0 Å². The van der Waals surface area contributed by atoms with E-state index in [0.29, 0.717) is 0 Å². The van der Waals surface area contributed by atoms with Crippen LogP contribution in [0.1, 0.15) is 18.9 Å². The number of imidazole rings is 2. The van der Waals surface area contributed by atoms with Crippen LogP contribution in [0, 0.1) is 0 Å². The number of hydrogen-bond acceptors (Lipinski definition) is 17. The largest absolute Gasteiger partial charge is 0.582 e. The lowest BCUT2D eigenvalue weighted by Crippen LogP contribution is -2.35. The molecule has 0 aliphatic carbocycles. The zero-order chi connectivity index (χ0) is 32.2. The van der Waals surface area contributed by atoms with Gasteiger partial charge < -0.3 is 41.2 Å². The van der Waals surface area contributed by atoms with Crippen LogP contribution in [0.5, 0.6) is 0 Å². The van der Waals surface area contributed by atoms with Crippen LogP contribution in [0.25, 0.3) is 22.3 Å². The van der Waals surface area contributed by atoms with Gasteiger partial charge in [0.1, 0.15) is 61.2 Å². The Morgan fingerprint density at radius 2 is 1.69 bits per heavy atom. The van der Waals surface area contributed by atoms with Crippen LogP contribution in [0.2, 0.25) is 0 Å². The van der Waals surface area contributed by atoms with Gasteiger partial charge in [-0.15, -0.1) is 4.52 Å². The van der Waals surface area contributed by atoms with Gasteiger partial charge in [0.15, 0.2) is 35.1 Å². The van der Waals surface area contributed by atoms with E-state index in [-0.39, 0.29) is 40.5 Å². The molecule has 2 fully saturated rings. The van der Waals surface area contributed by atoms with Gasteiger partial charge >= 0.3 is 14.8 Å². The lowest BCUT2D eigenvalue weighted by atomic mass is 10.1. The summed E-state index contributed by atoms with van der Waals surface area (Å²) in [5.74, 6) is -0.152. The Hall–Kier alpha value is -3.14. The molecule has 4 aromatic rings. The molecule has 0 aromatic carbocycles. The second kappa shape index (κ2) is 12.2. The predicted molar refractivity (Wildman–Crippen MR) is 155 cm³/mol. The molecule has 0 radical (unpaired) electrons. The normalized spacial score (nSPS) is 30.3. The van der Waals surface area contributed by atoms with Crippen molar-refractivity contribution < 1.29 is 47.9 Å². The highest BCUT2D eigenvalue weighted by Gasteiger charge is 2.51. The fourth-order valence-electron chi connectivity index (χ4n) is 5.25. The Labute approximate surface area is 257 Å². The highest BCUT2D eigenvalue weighted by atomic mass is 32.7. The van der Waals surface area contributed by atoms with Gasteiger partial charge in [0.25, 0.3) is 5.56 Å². The second-order valence-corrected chi connectivity index (χ2v) is 13.9. The third-order valence-electron chi connectivity index (χ3n) is 7.37. The summed E-state index contributed by atoms with van der Waals surface area (Å²) in [6, 6.07) is 0. The van der Waals surface area contributed by atoms with E-state index in [1.54, 1.807) is 0 Å². The number of aliphatic hydroxyl groups is 3. The number of H-pyrrole nitrogens is 1. The topological polar surface area (TPSA) is 311 Å². The summed E-state index contributed by atoms with van der Waals surface area (Å²) < 4.78 is 49.5. The van der Waals surface area contributed by atoms with E-state index < -0.39 is 82.2 Å². The Morgan fingerprint density at radius 3 is 2.42 bits per heavy atom. The van der Waals surface area contributed by atoms with Gasteiger partial charge in [0.05, 0.1) is 24.9 Å². The molecule has 2 aliphatic rings. The van der Waals surface area contributed by atoms with Gasteiger partial charge in [0.2, 0.25) is 5.95 Å². The van der Waals surface area contributed by atoms with Crippen LogP contribution in [0.4, 0.5) is 11.8 Å². The number of aromatic amines is 1. The molecule has 0 bridgehead atoms. The minimum absolute atomic E-state index is 0.0711. The molecule has 6 rings (SSSR count). The van der Waals surface area contributed by atoms with Crippen molar-refractivity contribution in [1.29, 1.82) is 0 Å². The van der Waals surface area contributed by atoms with Crippen molar-refractivity contribution in [2.45, 2.75) is 55.5 Å². The number of hydrogen-bond donors (Lipinski definition) is 8. The van der Waals surface area contributed by atoms with Crippen molar-refractivity contribution in [1.82, 2.24) is 39.0 Å². The van der Waals surface area contributed by atoms with Gasteiger partial charge in [-0.25, -0.2) is 19.9 Å². The number of anilines is 2. The fraction of sp³-hybridized carbons (Fsp3) is 0.524. The van der Waals surface area contributed by atoms with Crippen molar-refractivity contribution in [3.63, 3.8) is 0 Å². The van der Waals surface area contributed by atoms with Crippen molar-refractivity contribution in [3.8, 4) is 0 Å². The maximum absolute atomic E-state index is 13.4. The summed E-state index contributed by atoms with van der Waals surface area (Å²) in [5.41, 5.74) is 11.1. The highest BCUT2D eigenvalue weighted by Crippen LogP contribution is 2.50. The Bertz CT molecular complexity index is 1860. The Kier molecular flexibility index (Phi) is 8.65. The first-order chi connectivity index (χ1) is 21.3. The summed E-state index contributed by atoms with van der Waals surface area (Å²) in [7, 11) is -7.00. The summed E-state index contributed by atoms with van der Waals surface area (Å²) in [6.45, 7) is -0.435. The van der Waals surface area contributed by atoms with Crippen LogP contribution in [0.3, 0.4) is 0 Å². The third kappa shape index (κ3) is 6.07. The molecular formula is C21H27N10O11P2S+. The number of nitrogens with one attached hydrogen (secondary N) is 1. The Morgan fingerprint density at radius 1 is 1.00 bits per heavy atom. The molecule has 0 saturated carbocycles. The lowest BCUT2D eigenvalue weighted by molar-refractivity contribution is -0.0445. The van der Waals surface area contributed by atoms with Crippen LogP contribution < -0.4 is 17.0 Å². The van der Waals surface area contributed by atoms with E-state index in [0.717, 1.165) is 6.33 Å². The minimum atomic E-state index is -4.62. The van der Waals surface area contributed by atoms with E-state index in [1.165, 1.54) is 21.8 Å². The number of aliphatic hydroxyl groups excluding tert-OH is 3. The van der Waals surface area contributed by atoms with Gasteiger partial charge in [0, 0.05) is 0 Å². The molecule has 9 N–H and O–H groups in total. The molecule has 24 heteroatoms. The highest BCUT2D eigenvalue weighted by molar-refractivity contribution is 8.39. The quantitative estimate of drug-likeness (QED) is 0.0698. The van der Waals surface area contributed by atoms with E-state index in [2.05, 4.69) is 42.2 Å². The molecule has 2 unspecified atom stereocenters. The first kappa shape index (κ1) is 31.8. The number of nitrogens with zero attached hydrogens (tertiary/aromatic N) is 7. The summed E-state index contributed by atoms with van der Waals surface area (Å²) >= 11 is 3.67. The summed E-state index contributed by atoms with van der Waals surface area (Å²) in [4.78, 5) is 45.6. The van der Waals surface area contributed by atoms with E-state index in [4.69, 9.17) is 30.0 Å². The second-order valence-electron chi connectivity index (χ2n) is 10.2. The zero-order valence-corrected chi connectivity index (χ0v) is 25.4. The number of thiol groups is 1. The maximum atomic E-state index is 13.4. The smallest absolute Gasteiger partial charge is 0.388 e. The molecule has 10 atom stereocenters. The average Bonchev–Trinajstić information content (AvgIpc) is 3.73. The average molecular weight is 690 g/mol. The van der Waals surface area contributed by atoms with Gasteiger partial charge in [-0.05, 0) is 11.0 Å². The van der Waals surface area contributed by atoms with Gasteiger partial charge in [-0.1, -0.05) is 0 Å². The number of nitrogen functional groups attached to an aromatic ring is 2. The molecule has 2 aliphatic heterocycles. The molecule has 0 amide bonds. The van der Waals surface area contributed by atoms with Gasteiger partial charge in [-0.2, -0.15) is 4.98 Å². The van der Waals surface area contributed by atoms with Crippen LogP contribution in [-0.4, -0.2) is 109 Å². The third-order valence-corrected chi connectivity index (χ3v) is 9.48. The molecule has 21 nitrogen and oxygen atoms in total. The van der Waals surface area contributed by atoms with Crippen LogP contribution in [-0.2, 0) is 27.7 Å². The summed E-state index contributed by atoms with van der Waals surface area (Å²) in [6.07, 6.45) is -8.22. The predicted octanol–water partition coefficient (Wildman–Crippen LogP) is -1.43. The molecule has 2 saturated heterocycles. The number of aromatic nitrogens is 8. The van der Waals surface area contributed by atoms with Crippen molar-refractivity contribution in [2.24, 2.45) is 0 Å². The van der Waals surface area contributed by atoms with Crippen LogP contribution >= 0.6 is 27.1 Å². The van der Waals surface area contributed by atoms with Crippen LogP contribution in [0.15, 0.2) is 23.8 Å². The molecule has 45 heavy (non-hydrogen) atoms. The first-order valence-corrected chi connectivity index (χ1v) is 17.2. The monoisotopic (exact) mass is 689 g/mol. The van der Waals surface area contributed by atoms with E-state index >= 15 is 0 Å². The molecule has 6 heterocycles. The maximum Gasteiger partial charge on any atom is 0.582 e. The fourth-order valence-corrected chi connectivity index (χ4v) is 7.02. The standard InChI is InChI=1S/C21H26N10O11P2S/c22-15-9-16(25-4-24-15)30(5-26-9)19-13(34)11(32)7(40-19)1-2-44(37,38)42-14-12(33)8(3-39-43(36)45)41-20(14)31-6-27-10-17(31)28-21(23)29-18(10)35/h4-8,11-14,19-20,32-34H,1-3H2,(H6-,22,23,24,25,28,29,35,36,37,38,45)/p+1/t7-,8-,11+,12+,13+,14+,19-,20-/m1/s1. The number of fused-ring (bicyclic) bond motifs is 2. The molecule has 4 aromatic heterocycles. The van der Waals surface area contributed by atoms with Crippen molar-refractivity contribution >= 4 is 61.2 Å². The summed E-state index contributed by atoms with van der Waals surface area (Å²) in [5, 5.41) is 32.4. The number of ether oxygens (including phenoxy) is 2. The van der Waals surface area contributed by atoms with E-state index in [1.807, 2.05) is 0 Å². The zero-order valence-electron chi connectivity index (χ0n) is 22.7. The molecular weight excluding hydrogens is 662 g/mol. The number of nitrogens with two attached hydrogens (primary N) is 2. The SMILES string of the molecule is Nc1nc2c(ncn2[C@@H]2O[C@H](CO[P+](=O)S)[C@H](O)[C@@H]2OP(=O)(O)CC[C@H]2O[C@@H](n3cnc4c(N)ncnc43)[C@@H](O)[C@H]2O)c(=O)[nH]1. The molecule has 0 spiro atoms. The molecule has 242 valence electrons. The van der Waals surface area contributed by atoms with Crippen molar-refractivity contribution in [3.05, 3.63) is 29.3 Å².